The Labute approximate surface area is 131 Å². The molecule has 0 spiro atoms. The lowest BCUT2D eigenvalue weighted by Gasteiger charge is -2.39. The van der Waals surface area contributed by atoms with Crippen molar-refractivity contribution in [1.82, 2.24) is 0 Å². The Morgan fingerprint density at radius 3 is 1.68 bits per heavy atom. The van der Waals surface area contributed by atoms with Gasteiger partial charge >= 0.3 is 0 Å². The maximum atomic E-state index is 3.61. The van der Waals surface area contributed by atoms with Gasteiger partial charge in [0.2, 0.25) is 0 Å². The van der Waals surface area contributed by atoms with E-state index in [0.717, 1.165) is 0 Å². The smallest absolute Gasteiger partial charge is 0.117 e. The molecule has 0 bridgehead atoms. The van der Waals surface area contributed by atoms with Crippen LogP contribution in [-0.2, 0) is 0 Å². The average molecular weight is 397 g/mol. The molecule has 4 heteroatoms. The molecule has 0 aliphatic carbocycles. The molecule has 0 saturated carbocycles. The molecule has 2 aromatic carbocycles. The van der Waals surface area contributed by atoms with Crippen molar-refractivity contribution in [2.24, 2.45) is 0 Å². The number of anilines is 2. The molecule has 98 valence electrons. The molecule has 0 N–H and O–H groups in total. The van der Waals surface area contributed by atoms with E-state index in [1.54, 1.807) is 0 Å². The Balaban J connectivity index is 2.33. The van der Waals surface area contributed by atoms with Crippen LogP contribution in [0.15, 0.2) is 45.3 Å². The second kappa shape index (κ2) is 4.47. The van der Waals surface area contributed by atoms with Crippen molar-refractivity contribution in [2.75, 3.05) is 11.9 Å². The van der Waals surface area contributed by atoms with Gasteiger partial charge in [-0.1, -0.05) is 45.0 Å². The zero-order chi connectivity index (χ0) is 13.8. The maximum absolute atomic E-state index is 3.61. The minimum Gasteiger partial charge on any atom is -0.345 e. The summed E-state index contributed by atoms with van der Waals surface area (Å²) >= 11 is 7.22. The first-order valence-corrected chi connectivity index (χ1v) is 10.8. The van der Waals surface area contributed by atoms with Crippen molar-refractivity contribution >= 4 is 61.7 Å². The van der Waals surface area contributed by atoms with Gasteiger partial charge in [-0.2, -0.15) is 0 Å². The summed E-state index contributed by atoms with van der Waals surface area (Å²) in [7, 11) is 0.518. The molecule has 0 radical (unpaired) electrons. The predicted molar refractivity (Wildman–Crippen MR) is 93.1 cm³/mol. The van der Waals surface area contributed by atoms with Gasteiger partial charge in [-0.15, -0.1) is 0 Å². The largest absolute Gasteiger partial charge is 0.345 e. The van der Waals surface area contributed by atoms with E-state index < -0.39 is 8.07 Å². The van der Waals surface area contributed by atoms with E-state index in [-0.39, 0.29) is 0 Å². The van der Waals surface area contributed by atoms with Crippen LogP contribution < -0.4 is 15.3 Å². The third kappa shape index (κ3) is 2.01. The molecule has 0 aromatic heterocycles. The van der Waals surface area contributed by atoms with Crippen molar-refractivity contribution in [3.63, 3.8) is 0 Å². The minimum atomic E-state index is -1.64. The first-order valence-electron chi connectivity index (χ1n) is 6.25. The van der Waals surface area contributed by atoms with Crippen LogP contribution in [0, 0.1) is 0 Å². The number of nitrogens with zero attached hydrogens (tertiary/aromatic N) is 1. The van der Waals surface area contributed by atoms with E-state index >= 15 is 0 Å². The number of halogens is 2. The maximum Gasteiger partial charge on any atom is 0.117 e. The van der Waals surface area contributed by atoms with E-state index in [1.165, 1.54) is 30.7 Å². The Morgan fingerprint density at radius 2 is 1.26 bits per heavy atom. The van der Waals surface area contributed by atoms with E-state index in [4.69, 9.17) is 0 Å². The van der Waals surface area contributed by atoms with Gasteiger partial charge in [0.25, 0.3) is 0 Å². The number of benzene rings is 2. The van der Waals surface area contributed by atoms with Crippen molar-refractivity contribution in [2.45, 2.75) is 13.1 Å². The summed E-state index contributed by atoms with van der Waals surface area (Å²) in [6.07, 6.45) is 0. The van der Waals surface area contributed by atoms with Gasteiger partial charge in [-0.25, -0.2) is 0 Å². The molecule has 0 saturated heterocycles. The Hall–Kier alpha value is -0.583. The van der Waals surface area contributed by atoms with Crippen LogP contribution in [0.25, 0.3) is 0 Å². The molecule has 1 aliphatic heterocycles. The summed E-state index contributed by atoms with van der Waals surface area (Å²) in [5.41, 5.74) is 2.68. The van der Waals surface area contributed by atoms with Gasteiger partial charge in [0.1, 0.15) is 8.07 Å². The molecule has 1 nitrogen and oxygen atoms in total. The molecular formula is C15H15Br2NSi. The lowest BCUT2D eigenvalue weighted by molar-refractivity contribution is 1.21. The van der Waals surface area contributed by atoms with Crippen molar-refractivity contribution in [1.29, 1.82) is 0 Å². The van der Waals surface area contributed by atoms with Gasteiger partial charge in [-0.05, 0) is 46.8 Å². The lowest BCUT2D eigenvalue weighted by atomic mass is 10.2. The SMILES string of the molecule is CN1c2ccc(Br)cc2[Si](C)(C)c2cc(Br)ccc21. The highest BCUT2D eigenvalue weighted by Crippen LogP contribution is 2.32. The Morgan fingerprint density at radius 1 is 0.842 bits per heavy atom. The fraction of sp³-hybridized carbons (Fsp3) is 0.200. The Kier molecular flexibility index (Phi) is 3.15. The highest BCUT2D eigenvalue weighted by Gasteiger charge is 2.37. The summed E-state index contributed by atoms with van der Waals surface area (Å²) < 4.78 is 2.33. The van der Waals surface area contributed by atoms with Crippen LogP contribution in [0.5, 0.6) is 0 Å². The van der Waals surface area contributed by atoms with Crippen LogP contribution in [0.4, 0.5) is 11.4 Å². The normalized spacial score (nSPS) is 15.9. The average Bonchev–Trinajstić information content (AvgIpc) is 2.36. The first-order chi connectivity index (χ1) is 8.91. The van der Waals surface area contributed by atoms with E-state index in [1.807, 2.05) is 0 Å². The molecule has 19 heavy (non-hydrogen) atoms. The summed E-state index contributed by atoms with van der Waals surface area (Å²) in [5.74, 6) is 0. The third-order valence-electron chi connectivity index (χ3n) is 3.99. The molecule has 0 fully saturated rings. The van der Waals surface area contributed by atoms with Crippen LogP contribution in [0.1, 0.15) is 0 Å². The summed E-state index contributed by atoms with van der Waals surface area (Å²) in [5, 5.41) is 2.99. The van der Waals surface area contributed by atoms with Gasteiger partial charge in [0.15, 0.2) is 0 Å². The standard InChI is InChI=1S/C15H15Br2NSi/c1-18-12-6-4-10(16)8-14(12)19(2,3)15-9-11(17)5-7-13(15)18/h4-9H,1-3H3. The summed E-state index contributed by atoms with van der Waals surface area (Å²) in [6.45, 7) is 4.85. The zero-order valence-electron chi connectivity index (χ0n) is 11.2. The predicted octanol–water partition coefficient (Wildman–Crippen LogP) is 4.12. The molecule has 3 rings (SSSR count). The molecule has 0 unspecified atom stereocenters. The fourth-order valence-corrected chi connectivity index (χ4v) is 7.13. The van der Waals surface area contributed by atoms with Gasteiger partial charge in [0.05, 0.1) is 0 Å². The minimum absolute atomic E-state index is 1.17. The number of rotatable bonds is 0. The van der Waals surface area contributed by atoms with Crippen LogP contribution in [-0.4, -0.2) is 15.1 Å². The van der Waals surface area contributed by atoms with Crippen molar-refractivity contribution in [3.05, 3.63) is 45.3 Å². The van der Waals surface area contributed by atoms with E-state index in [2.05, 4.69) is 93.3 Å². The van der Waals surface area contributed by atoms with Crippen LogP contribution >= 0.6 is 31.9 Å². The quantitative estimate of drug-likeness (QED) is 0.605. The monoisotopic (exact) mass is 395 g/mol. The molecule has 0 atom stereocenters. The van der Waals surface area contributed by atoms with Crippen LogP contribution in [0.3, 0.4) is 0 Å². The van der Waals surface area contributed by atoms with Gasteiger partial charge in [-0.3, -0.25) is 0 Å². The summed E-state index contributed by atoms with van der Waals surface area (Å²) in [4.78, 5) is 2.31. The Bertz CT molecular complexity index is 612. The molecule has 0 amide bonds. The molecular weight excluding hydrogens is 382 g/mol. The van der Waals surface area contributed by atoms with Crippen LogP contribution in [0.2, 0.25) is 13.1 Å². The number of hydrogen-bond acceptors (Lipinski definition) is 1. The summed E-state index contributed by atoms with van der Waals surface area (Å²) in [6, 6.07) is 13.3. The number of fused-ring (bicyclic) bond motifs is 2. The molecule has 2 aromatic rings. The van der Waals surface area contributed by atoms with E-state index in [0.29, 0.717) is 0 Å². The van der Waals surface area contributed by atoms with Gasteiger partial charge in [0, 0.05) is 27.4 Å². The second-order valence-electron chi connectivity index (χ2n) is 5.51. The third-order valence-corrected chi connectivity index (χ3v) is 8.47. The molecule has 1 heterocycles. The lowest BCUT2D eigenvalue weighted by Crippen LogP contribution is -2.58. The topological polar surface area (TPSA) is 3.24 Å². The first kappa shape index (κ1) is 13.4. The number of hydrogen-bond donors (Lipinski definition) is 0. The van der Waals surface area contributed by atoms with E-state index in [9.17, 15) is 0 Å². The second-order valence-corrected chi connectivity index (χ2v) is 11.7. The zero-order valence-corrected chi connectivity index (χ0v) is 15.3. The van der Waals surface area contributed by atoms with Crippen molar-refractivity contribution in [3.8, 4) is 0 Å². The highest BCUT2D eigenvalue weighted by atomic mass is 79.9. The fourth-order valence-electron chi connectivity index (χ4n) is 2.88. The highest BCUT2D eigenvalue weighted by molar-refractivity contribution is 9.10. The van der Waals surface area contributed by atoms with Crippen molar-refractivity contribution < 1.29 is 0 Å². The van der Waals surface area contributed by atoms with Gasteiger partial charge < -0.3 is 4.90 Å². The molecule has 1 aliphatic rings.